The molecule has 0 aliphatic rings. The van der Waals surface area contributed by atoms with Gasteiger partial charge in [-0.3, -0.25) is 4.79 Å². The van der Waals surface area contributed by atoms with Gasteiger partial charge in [0.05, 0.1) is 6.42 Å². The predicted molar refractivity (Wildman–Crippen MR) is 52.6 cm³/mol. The summed E-state index contributed by atoms with van der Waals surface area (Å²) in [6, 6.07) is 6.83. The lowest BCUT2D eigenvalue weighted by Crippen LogP contribution is -2.27. The quantitative estimate of drug-likeness (QED) is 0.709. The van der Waals surface area contributed by atoms with Gasteiger partial charge >= 0.3 is 0 Å². The highest BCUT2D eigenvalue weighted by molar-refractivity contribution is 5.76. The van der Waals surface area contributed by atoms with Gasteiger partial charge in [-0.1, -0.05) is 29.8 Å². The van der Waals surface area contributed by atoms with Crippen LogP contribution in [0.25, 0.3) is 0 Å². The first-order chi connectivity index (χ1) is 6.42. The topological polar surface area (TPSA) is 57.5 Å². The Kier molecular flexibility index (Phi) is 3.03. The molecule has 0 amide bonds. The van der Waals surface area contributed by atoms with E-state index in [1.54, 1.807) is 18.2 Å². The average molecular weight is 194 g/mol. The number of carbonyl (C=O) groups excluding carboxylic acids is 1. The lowest BCUT2D eigenvalue weighted by Gasteiger charge is -2.21. The molecule has 0 radical (unpaired) electrons. The molecule has 3 nitrogen and oxygen atoms in total. The summed E-state index contributed by atoms with van der Waals surface area (Å²) in [5.74, 6) is -2.30. The summed E-state index contributed by atoms with van der Waals surface area (Å²) >= 11 is 0. The van der Waals surface area contributed by atoms with E-state index in [2.05, 4.69) is 0 Å². The first kappa shape index (κ1) is 10.9. The molecule has 0 atom stereocenters. The van der Waals surface area contributed by atoms with Crippen LogP contribution >= 0.6 is 0 Å². The van der Waals surface area contributed by atoms with Crippen LogP contribution in [0, 0.1) is 6.92 Å². The van der Waals surface area contributed by atoms with Gasteiger partial charge in [0.1, 0.15) is 5.78 Å². The van der Waals surface area contributed by atoms with Crippen LogP contribution in [-0.4, -0.2) is 16.0 Å². The highest BCUT2D eigenvalue weighted by Gasteiger charge is 2.27. The normalized spacial score (nSPS) is 11.4. The Bertz CT molecular complexity index is 342. The van der Waals surface area contributed by atoms with Crippen molar-refractivity contribution < 1.29 is 15.0 Å². The molecular formula is C11H14O3. The summed E-state index contributed by atoms with van der Waals surface area (Å²) in [6.45, 7) is 3.18. The first-order valence-electron chi connectivity index (χ1n) is 4.43. The van der Waals surface area contributed by atoms with E-state index < -0.39 is 5.79 Å². The van der Waals surface area contributed by atoms with Crippen LogP contribution in [0.15, 0.2) is 24.3 Å². The molecular weight excluding hydrogens is 180 g/mol. The van der Waals surface area contributed by atoms with E-state index in [0.717, 1.165) is 5.56 Å². The number of Topliss-reactive ketones (excluding diaryl/α,β-unsaturated/α-hetero) is 1. The molecule has 1 aromatic carbocycles. The third-order valence-electron chi connectivity index (χ3n) is 1.98. The minimum atomic E-state index is -2.04. The van der Waals surface area contributed by atoms with E-state index in [1.165, 1.54) is 6.92 Å². The average Bonchev–Trinajstić information content (AvgIpc) is 2.01. The third kappa shape index (κ3) is 2.65. The fraction of sp³-hybridized carbons (Fsp3) is 0.364. The second kappa shape index (κ2) is 3.90. The lowest BCUT2D eigenvalue weighted by atomic mass is 9.99. The highest BCUT2D eigenvalue weighted by Crippen LogP contribution is 2.22. The van der Waals surface area contributed by atoms with E-state index >= 15 is 0 Å². The van der Waals surface area contributed by atoms with Crippen LogP contribution in [0.1, 0.15) is 24.5 Å². The van der Waals surface area contributed by atoms with Gasteiger partial charge in [-0.15, -0.1) is 0 Å². The Hall–Kier alpha value is -1.19. The van der Waals surface area contributed by atoms with Gasteiger partial charge in [-0.25, -0.2) is 0 Å². The van der Waals surface area contributed by atoms with E-state index in [4.69, 9.17) is 0 Å². The maximum atomic E-state index is 10.8. The largest absolute Gasteiger partial charge is 0.362 e. The number of aliphatic hydroxyl groups is 2. The van der Waals surface area contributed by atoms with Crippen molar-refractivity contribution in [3.63, 3.8) is 0 Å². The van der Waals surface area contributed by atoms with Crippen molar-refractivity contribution in [1.29, 1.82) is 0 Å². The molecule has 0 heterocycles. The van der Waals surface area contributed by atoms with Crippen molar-refractivity contribution in [3.8, 4) is 0 Å². The molecule has 0 saturated carbocycles. The van der Waals surface area contributed by atoms with Crippen LogP contribution in [0.5, 0.6) is 0 Å². The minimum absolute atomic E-state index is 0.253. The molecule has 0 aliphatic heterocycles. The van der Waals surface area contributed by atoms with Gasteiger partial charge < -0.3 is 10.2 Å². The Balaban J connectivity index is 2.97. The monoisotopic (exact) mass is 194 g/mol. The molecule has 0 saturated heterocycles. The smallest absolute Gasteiger partial charge is 0.196 e. The van der Waals surface area contributed by atoms with E-state index in [0.29, 0.717) is 5.56 Å². The molecule has 0 aromatic heterocycles. The number of benzene rings is 1. The maximum Gasteiger partial charge on any atom is 0.196 e. The Labute approximate surface area is 83.0 Å². The van der Waals surface area contributed by atoms with Crippen molar-refractivity contribution in [1.82, 2.24) is 0 Å². The summed E-state index contributed by atoms with van der Waals surface area (Å²) in [5.41, 5.74) is 1.28. The Morgan fingerprint density at radius 3 is 2.57 bits per heavy atom. The third-order valence-corrected chi connectivity index (χ3v) is 1.98. The standard InChI is InChI=1S/C11H14O3/c1-8-4-3-5-10(6-8)11(13,14)7-9(2)12/h3-6,13-14H,7H2,1-2H3. The zero-order valence-corrected chi connectivity index (χ0v) is 8.32. The molecule has 14 heavy (non-hydrogen) atoms. The maximum absolute atomic E-state index is 10.8. The number of rotatable bonds is 3. The molecule has 0 aliphatic carbocycles. The van der Waals surface area contributed by atoms with Gasteiger partial charge in [0.15, 0.2) is 5.79 Å². The van der Waals surface area contributed by atoms with Crippen molar-refractivity contribution in [2.24, 2.45) is 0 Å². The molecule has 0 unspecified atom stereocenters. The van der Waals surface area contributed by atoms with Crippen molar-refractivity contribution in [3.05, 3.63) is 35.4 Å². The highest BCUT2D eigenvalue weighted by atomic mass is 16.5. The summed E-state index contributed by atoms with van der Waals surface area (Å²) in [6.07, 6.45) is -0.281. The molecule has 3 heteroatoms. The van der Waals surface area contributed by atoms with Crippen LogP contribution < -0.4 is 0 Å². The molecule has 1 aromatic rings. The van der Waals surface area contributed by atoms with Crippen molar-refractivity contribution in [2.75, 3.05) is 0 Å². The van der Waals surface area contributed by atoms with Gasteiger partial charge in [-0.05, 0) is 13.8 Å². The van der Waals surface area contributed by atoms with Gasteiger partial charge in [0.2, 0.25) is 0 Å². The summed E-state index contributed by atoms with van der Waals surface area (Å²) in [7, 11) is 0. The zero-order valence-electron chi connectivity index (χ0n) is 8.32. The lowest BCUT2D eigenvalue weighted by molar-refractivity contribution is -0.177. The first-order valence-corrected chi connectivity index (χ1v) is 4.43. The van der Waals surface area contributed by atoms with Crippen LogP contribution in [0.2, 0.25) is 0 Å². The van der Waals surface area contributed by atoms with Crippen LogP contribution in [0.3, 0.4) is 0 Å². The van der Waals surface area contributed by atoms with E-state index in [1.807, 2.05) is 13.0 Å². The molecule has 76 valence electrons. The molecule has 2 N–H and O–H groups in total. The number of carbonyl (C=O) groups is 1. The summed E-state index contributed by atoms with van der Waals surface area (Å²) < 4.78 is 0. The number of aryl methyl sites for hydroxylation is 1. The fourth-order valence-corrected chi connectivity index (χ4v) is 1.34. The second-order valence-corrected chi connectivity index (χ2v) is 3.56. The van der Waals surface area contributed by atoms with Gasteiger partial charge in [0, 0.05) is 5.56 Å². The predicted octanol–water partition coefficient (Wildman–Crippen LogP) is 1.11. The van der Waals surface area contributed by atoms with Crippen molar-refractivity contribution in [2.45, 2.75) is 26.1 Å². The minimum Gasteiger partial charge on any atom is -0.362 e. The second-order valence-electron chi connectivity index (χ2n) is 3.56. The molecule has 1 rings (SSSR count). The van der Waals surface area contributed by atoms with Gasteiger partial charge in [-0.2, -0.15) is 0 Å². The molecule has 0 spiro atoms. The fourth-order valence-electron chi connectivity index (χ4n) is 1.34. The molecule has 0 fully saturated rings. The number of hydrogen-bond acceptors (Lipinski definition) is 3. The number of hydrogen-bond donors (Lipinski definition) is 2. The summed E-state index contributed by atoms with van der Waals surface area (Å²) in [4.78, 5) is 10.8. The van der Waals surface area contributed by atoms with E-state index in [-0.39, 0.29) is 12.2 Å². The van der Waals surface area contributed by atoms with E-state index in [9.17, 15) is 15.0 Å². The zero-order chi connectivity index (χ0) is 10.8. The van der Waals surface area contributed by atoms with Crippen molar-refractivity contribution >= 4 is 5.78 Å². The Morgan fingerprint density at radius 2 is 2.07 bits per heavy atom. The SMILES string of the molecule is CC(=O)CC(O)(O)c1cccc(C)c1. The number of ketones is 1. The Morgan fingerprint density at radius 1 is 1.43 bits per heavy atom. The molecule has 0 bridgehead atoms. The summed E-state index contributed by atoms with van der Waals surface area (Å²) in [5, 5.41) is 19.2. The van der Waals surface area contributed by atoms with Crippen LogP contribution in [-0.2, 0) is 10.6 Å². The van der Waals surface area contributed by atoms with Crippen LogP contribution in [0.4, 0.5) is 0 Å². The van der Waals surface area contributed by atoms with Gasteiger partial charge in [0.25, 0.3) is 0 Å².